The van der Waals surface area contributed by atoms with E-state index in [1.165, 1.54) is 0 Å². The molecule has 0 aromatic carbocycles. The number of piperidine rings is 1. The zero-order valence-corrected chi connectivity index (χ0v) is 10.5. The van der Waals surface area contributed by atoms with E-state index < -0.39 is 5.97 Å². The first-order valence-electron chi connectivity index (χ1n) is 5.97. The molecule has 1 aliphatic heterocycles. The Morgan fingerprint density at radius 3 is 2.71 bits per heavy atom. The lowest BCUT2D eigenvalue weighted by Gasteiger charge is -2.36. The number of carbonyl (C=O) groups is 2. The standard InChI is InChI=1S/C11H21N3O3/c1-13(2)12-11(17)14-8-4-3-5-9(14)6-7-10(15)16/h9H,3-8H2,1-2H3,(H,12,17)(H,15,16). The number of hydrazine groups is 1. The molecule has 2 N–H and O–H groups in total. The van der Waals surface area contributed by atoms with E-state index >= 15 is 0 Å². The van der Waals surface area contributed by atoms with Crippen LogP contribution in [0.25, 0.3) is 0 Å². The summed E-state index contributed by atoms with van der Waals surface area (Å²) in [6.45, 7) is 0.712. The van der Waals surface area contributed by atoms with Gasteiger partial charge in [-0.15, -0.1) is 0 Å². The molecule has 0 bridgehead atoms. The van der Waals surface area contributed by atoms with Crippen LogP contribution in [0, 0.1) is 0 Å². The van der Waals surface area contributed by atoms with Crippen LogP contribution in [0.4, 0.5) is 4.79 Å². The van der Waals surface area contributed by atoms with Crippen molar-refractivity contribution in [3.63, 3.8) is 0 Å². The Morgan fingerprint density at radius 1 is 1.41 bits per heavy atom. The van der Waals surface area contributed by atoms with Crippen LogP contribution in [0.15, 0.2) is 0 Å². The minimum atomic E-state index is -0.802. The number of hydrogen-bond donors (Lipinski definition) is 2. The van der Waals surface area contributed by atoms with Gasteiger partial charge in [-0.25, -0.2) is 9.80 Å². The highest BCUT2D eigenvalue weighted by molar-refractivity contribution is 5.74. The van der Waals surface area contributed by atoms with Crippen LogP contribution in [-0.4, -0.2) is 53.7 Å². The van der Waals surface area contributed by atoms with Crippen molar-refractivity contribution in [3.8, 4) is 0 Å². The maximum Gasteiger partial charge on any atom is 0.332 e. The molecule has 2 amide bonds. The van der Waals surface area contributed by atoms with Crippen molar-refractivity contribution in [3.05, 3.63) is 0 Å². The van der Waals surface area contributed by atoms with Crippen molar-refractivity contribution >= 4 is 12.0 Å². The molecule has 0 aromatic heterocycles. The largest absolute Gasteiger partial charge is 0.481 e. The molecule has 0 aliphatic carbocycles. The molecular weight excluding hydrogens is 222 g/mol. The maximum atomic E-state index is 11.9. The van der Waals surface area contributed by atoms with Crippen LogP contribution in [0.3, 0.4) is 0 Å². The molecule has 1 aliphatic rings. The number of carbonyl (C=O) groups excluding carboxylic acids is 1. The minimum Gasteiger partial charge on any atom is -0.481 e. The van der Waals surface area contributed by atoms with Crippen LogP contribution < -0.4 is 5.43 Å². The SMILES string of the molecule is CN(C)NC(=O)N1CCCCC1CCC(=O)O. The summed E-state index contributed by atoms with van der Waals surface area (Å²) in [4.78, 5) is 24.2. The Balaban J connectivity index is 2.52. The number of likely N-dealkylation sites (tertiary alicyclic amines) is 1. The fraction of sp³-hybridized carbons (Fsp3) is 0.818. The summed E-state index contributed by atoms with van der Waals surface area (Å²) in [5, 5.41) is 10.3. The number of nitrogens with one attached hydrogen (secondary N) is 1. The second kappa shape index (κ2) is 6.44. The van der Waals surface area contributed by atoms with Crippen LogP contribution in [0.5, 0.6) is 0 Å². The summed E-state index contributed by atoms with van der Waals surface area (Å²) in [5.41, 5.74) is 2.70. The summed E-state index contributed by atoms with van der Waals surface area (Å²) in [6.07, 6.45) is 3.61. The highest BCUT2D eigenvalue weighted by Gasteiger charge is 2.27. The normalized spacial score (nSPS) is 20.4. The van der Waals surface area contributed by atoms with Crippen molar-refractivity contribution in [1.29, 1.82) is 0 Å². The van der Waals surface area contributed by atoms with E-state index in [1.54, 1.807) is 24.0 Å². The van der Waals surface area contributed by atoms with E-state index in [1.807, 2.05) is 0 Å². The third-order valence-electron chi connectivity index (χ3n) is 2.90. The molecule has 0 saturated carbocycles. The lowest BCUT2D eigenvalue weighted by Crippen LogP contribution is -2.52. The highest BCUT2D eigenvalue weighted by atomic mass is 16.4. The molecule has 1 saturated heterocycles. The van der Waals surface area contributed by atoms with Gasteiger partial charge in [0.2, 0.25) is 0 Å². The number of amides is 2. The Hall–Kier alpha value is -1.30. The first-order valence-corrected chi connectivity index (χ1v) is 5.97. The monoisotopic (exact) mass is 243 g/mol. The zero-order valence-electron chi connectivity index (χ0n) is 10.5. The van der Waals surface area contributed by atoms with Gasteiger partial charge in [0.25, 0.3) is 0 Å². The van der Waals surface area contributed by atoms with E-state index in [9.17, 15) is 9.59 Å². The molecule has 6 nitrogen and oxygen atoms in total. The van der Waals surface area contributed by atoms with Crippen molar-refractivity contribution < 1.29 is 14.7 Å². The molecule has 0 radical (unpaired) electrons. The molecule has 1 heterocycles. The molecule has 1 rings (SSSR count). The molecule has 98 valence electrons. The third-order valence-corrected chi connectivity index (χ3v) is 2.90. The predicted molar refractivity (Wildman–Crippen MR) is 63.4 cm³/mol. The fourth-order valence-electron chi connectivity index (χ4n) is 2.11. The summed E-state index contributed by atoms with van der Waals surface area (Å²) in [6, 6.07) is -0.0788. The van der Waals surface area contributed by atoms with E-state index in [0.29, 0.717) is 13.0 Å². The fourth-order valence-corrected chi connectivity index (χ4v) is 2.11. The van der Waals surface area contributed by atoms with Gasteiger partial charge in [0.1, 0.15) is 0 Å². The average molecular weight is 243 g/mol. The van der Waals surface area contributed by atoms with Crippen LogP contribution in [0.2, 0.25) is 0 Å². The molecule has 1 atom stereocenters. The van der Waals surface area contributed by atoms with Gasteiger partial charge >= 0.3 is 12.0 Å². The summed E-state index contributed by atoms with van der Waals surface area (Å²) >= 11 is 0. The Morgan fingerprint density at radius 2 is 2.12 bits per heavy atom. The molecule has 0 aromatic rings. The van der Waals surface area contributed by atoms with Gasteiger partial charge in [-0.2, -0.15) is 0 Å². The van der Waals surface area contributed by atoms with Gasteiger partial charge in [-0.3, -0.25) is 10.2 Å². The Kier molecular flexibility index (Phi) is 5.21. The lowest BCUT2D eigenvalue weighted by atomic mass is 9.98. The third kappa shape index (κ3) is 4.60. The van der Waals surface area contributed by atoms with Crippen LogP contribution in [0.1, 0.15) is 32.1 Å². The second-order valence-corrected chi connectivity index (χ2v) is 4.59. The van der Waals surface area contributed by atoms with Gasteiger partial charge in [-0.05, 0) is 25.7 Å². The van der Waals surface area contributed by atoms with Crippen molar-refractivity contribution in [1.82, 2.24) is 15.3 Å². The lowest BCUT2D eigenvalue weighted by molar-refractivity contribution is -0.137. The molecule has 17 heavy (non-hydrogen) atoms. The van der Waals surface area contributed by atoms with Gasteiger partial charge in [0.15, 0.2) is 0 Å². The van der Waals surface area contributed by atoms with Gasteiger partial charge in [0.05, 0.1) is 0 Å². The quantitative estimate of drug-likeness (QED) is 0.719. The number of aliphatic carboxylic acids is 1. The smallest absolute Gasteiger partial charge is 0.332 e. The van der Waals surface area contributed by atoms with Crippen LogP contribution >= 0.6 is 0 Å². The topological polar surface area (TPSA) is 72.9 Å². The van der Waals surface area contributed by atoms with E-state index in [2.05, 4.69) is 5.43 Å². The first kappa shape index (κ1) is 13.8. The van der Waals surface area contributed by atoms with Crippen molar-refractivity contribution in [2.45, 2.75) is 38.1 Å². The predicted octanol–water partition coefficient (Wildman–Crippen LogP) is 0.892. The van der Waals surface area contributed by atoms with Crippen molar-refractivity contribution in [2.24, 2.45) is 0 Å². The first-order chi connectivity index (χ1) is 8.00. The molecule has 0 spiro atoms. The van der Waals surface area contributed by atoms with Crippen LogP contribution in [-0.2, 0) is 4.79 Å². The average Bonchev–Trinajstić information content (AvgIpc) is 2.25. The number of nitrogens with zero attached hydrogens (tertiary/aromatic N) is 2. The minimum absolute atomic E-state index is 0.0554. The van der Waals surface area contributed by atoms with Gasteiger partial charge < -0.3 is 10.0 Å². The number of hydrogen-bond acceptors (Lipinski definition) is 3. The number of carboxylic acids is 1. The summed E-state index contributed by atoms with van der Waals surface area (Å²) in [7, 11) is 3.52. The highest BCUT2D eigenvalue weighted by Crippen LogP contribution is 2.20. The van der Waals surface area contributed by atoms with Crippen molar-refractivity contribution in [2.75, 3.05) is 20.6 Å². The Labute approximate surface area is 102 Å². The van der Waals surface area contributed by atoms with Gasteiger partial charge in [0, 0.05) is 33.1 Å². The number of carboxylic acid groups (broad SMARTS) is 1. The van der Waals surface area contributed by atoms with E-state index in [-0.39, 0.29) is 18.5 Å². The molecule has 1 fully saturated rings. The second-order valence-electron chi connectivity index (χ2n) is 4.59. The molecule has 1 unspecified atom stereocenters. The summed E-state index contributed by atoms with van der Waals surface area (Å²) < 4.78 is 0. The van der Waals surface area contributed by atoms with E-state index in [0.717, 1.165) is 19.3 Å². The Bertz CT molecular complexity index is 281. The number of rotatable bonds is 4. The molecule has 6 heteroatoms. The zero-order chi connectivity index (χ0) is 12.8. The maximum absolute atomic E-state index is 11.9. The summed E-state index contributed by atoms with van der Waals surface area (Å²) in [5.74, 6) is -0.802. The molecular formula is C11H21N3O3. The number of urea groups is 1. The van der Waals surface area contributed by atoms with E-state index in [4.69, 9.17) is 5.11 Å². The van der Waals surface area contributed by atoms with Gasteiger partial charge in [-0.1, -0.05) is 0 Å².